The fourth-order valence-corrected chi connectivity index (χ4v) is 3.42. The van der Waals surface area contributed by atoms with Crippen LogP contribution in [0.5, 0.6) is 5.75 Å². The Morgan fingerprint density at radius 2 is 2.22 bits per heavy atom. The van der Waals surface area contributed by atoms with Crippen LogP contribution < -0.4 is 10.1 Å². The summed E-state index contributed by atoms with van der Waals surface area (Å²) < 4.78 is 6.15. The number of anilines is 1. The minimum Gasteiger partial charge on any atom is -0.486 e. The van der Waals surface area contributed by atoms with Gasteiger partial charge in [-0.25, -0.2) is 0 Å². The highest BCUT2D eigenvalue weighted by molar-refractivity contribution is 5.60. The number of rotatable bonds is 2. The molecule has 3 rings (SSSR count). The molecule has 1 aliphatic carbocycles. The number of ether oxygens (including phenoxy) is 1. The lowest BCUT2D eigenvalue weighted by Crippen LogP contribution is -2.45. The number of aryl methyl sites for hydroxylation is 1. The van der Waals surface area contributed by atoms with E-state index in [4.69, 9.17) is 4.74 Å². The molecule has 18 heavy (non-hydrogen) atoms. The van der Waals surface area contributed by atoms with E-state index in [9.17, 15) is 0 Å². The molecule has 0 spiro atoms. The highest BCUT2D eigenvalue weighted by Gasteiger charge is 2.35. The van der Waals surface area contributed by atoms with Crippen molar-refractivity contribution in [3.05, 3.63) is 23.8 Å². The van der Waals surface area contributed by atoms with Gasteiger partial charge in [0.2, 0.25) is 0 Å². The normalized spacial score (nSPS) is 29.8. The molecule has 0 saturated heterocycles. The fourth-order valence-electron chi connectivity index (χ4n) is 3.42. The Kier molecular flexibility index (Phi) is 3.19. The number of benzene rings is 1. The van der Waals surface area contributed by atoms with Gasteiger partial charge in [0, 0.05) is 0 Å². The van der Waals surface area contributed by atoms with Gasteiger partial charge < -0.3 is 10.1 Å². The van der Waals surface area contributed by atoms with Gasteiger partial charge in [0.15, 0.2) is 0 Å². The summed E-state index contributed by atoms with van der Waals surface area (Å²) in [4.78, 5) is 0. The first-order chi connectivity index (χ1) is 8.76. The Hall–Kier alpha value is -1.18. The van der Waals surface area contributed by atoms with Crippen molar-refractivity contribution in [3.63, 3.8) is 0 Å². The first-order valence-corrected chi connectivity index (χ1v) is 7.30. The monoisotopic (exact) mass is 245 g/mol. The van der Waals surface area contributed by atoms with Crippen LogP contribution in [0.25, 0.3) is 0 Å². The highest BCUT2D eigenvalue weighted by atomic mass is 16.5. The van der Waals surface area contributed by atoms with Crippen molar-refractivity contribution in [3.8, 4) is 5.75 Å². The maximum atomic E-state index is 6.15. The molecule has 1 aliphatic heterocycles. The van der Waals surface area contributed by atoms with Crippen LogP contribution >= 0.6 is 0 Å². The minimum absolute atomic E-state index is 0.383. The van der Waals surface area contributed by atoms with Crippen molar-refractivity contribution in [1.82, 2.24) is 0 Å². The van der Waals surface area contributed by atoms with Gasteiger partial charge in [-0.3, -0.25) is 0 Å². The van der Waals surface area contributed by atoms with Crippen molar-refractivity contribution in [1.29, 1.82) is 0 Å². The summed E-state index contributed by atoms with van der Waals surface area (Å²) in [6, 6.07) is 6.95. The quantitative estimate of drug-likeness (QED) is 0.845. The predicted molar refractivity (Wildman–Crippen MR) is 75.3 cm³/mol. The Morgan fingerprint density at radius 1 is 1.33 bits per heavy atom. The summed E-state index contributed by atoms with van der Waals surface area (Å²) >= 11 is 0. The molecule has 3 atom stereocenters. The second-order valence-electron chi connectivity index (χ2n) is 5.87. The van der Waals surface area contributed by atoms with E-state index < -0.39 is 0 Å². The summed E-state index contributed by atoms with van der Waals surface area (Å²) in [5.41, 5.74) is 2.48. The van der Waals surface area contributed by atoms with E-state index in [0.717, 1.165) is 11.7 Å². The lowest BCUT2D eigenvalue weighted by atomic mass is 9.80. The van der Waals surface area contributed by atoms with Crippen molar-refractivity contribution in [2.45, 2.75) is 58.1 Å². The minimum atomic E-state index is 0.383. The van der Waals surface area contributed by atoms with Crippen LogP contribution in [-0.4, -0.2) is 12.1 Å². The van der Waals surface area contributed by atoms with Crippen LogP contribution in [0.4, 0.5) is 5.69 Å². The van der Waals surface area contributed by atoms with Gasteiger partial charge in [-0.05, 0) is 49.8 Å². The number of hydrogen-bond donors (Lipinski definition) is 1. The largest absolute Gasteiger partial charge is 0.486 e. The summed E-state index contributed by atoms with van der Waals surface area (Å²) in [6.45, 7) is 4.42. The van der Waals surface area contributed by atoms with Gasteiger partial charge in [0.05, 0.1) is 11.7 Å². The Bertz CT molecular complexity index is 429. The van der Waals surface area contributed by atoms with E-state index >= 15 is 0 Å². The third kappa shape index (κ3) is 2.21. The van der Waals surface area contributed by atoms with Crippen molar-refractivity contribution < 1.29 is 4.74 Å². The molecule has 98 valence electrons. The van der Waals surface area contributed by atoms with E-state index in [0.29, 0.717) is 12.1 Å². The maximum absolute atomic E-state index is 6.15. The van der Waals surface area contributed by atoms with E-state index in [1.165, 1.54) is 43.4 Å². The Labute approximate surface area is 110 Å². The molecule has 1 saturated carbocycles. The van der Waals surface area contributed by atoms with Gasteiger partial charge in [-0.1, -0.05) is 25.8 Å². The van der Waals surface area contributed by atoms with Crippen LogP contribution in [0.15, 0.2) is 18.2 Å². The lowest BCUT2D eigenvalue weighted by molar-refractivity contribution is 0.105. The number of fused-ring (bicyclic) bond motifs is 2. The van der Waals surface area contributed by atoms with E-state index in [2.05, 4.69) is 37.4 Å². The molecular weight excluding hydrogens is 222 g/mol. The molecule has 1 aromatic rings. The van der Waals surface area contributed by atoms with E-state index in [1.807, 2.05) is 0 Å². The summed E-state index contributed by atoms with van der Waals surface area (Å²) in [5.74, 6) is 1.93. The molecule has 2 heteroatoms. The standard InChI is InChI=1S/C16H23NO/c1-3-4-12-6-8-16-14(10-12)17-13-9-11(2)5-7-15(13)18-16/h5,7,9,12,14,16-17H,3-4,6,8,10H2,1-2H3. The van der Waals surface area contributed by atoms with Gasteiger partial charge in [0.25, 0.3) is 0 Å². The summed E-state index contributed by atoms with van der Waals surface area (Å²) in [5, 5.41) is 3.70. The molecule has 0 aromatic heterocycles. The van der Waals surface area contributed by atoms with E-state index in [-0.39, 0.29) is 0 Å². The zero-order valence-electron chi connectivity index (χ0n) is 11.4. The van der Waals surface area contributed by atoms with Gasteiger partial charge in [-0.2, -0.15) is 0 Å². The molecule has 3 unspecified atom stereocenters. The van der Waals surface area contributed by atoms with Gasteiger partial charge >= 0.3 is 0 Å². The first-order valence-electron chi connectivity index (χ1n) is 7.30. The number of hydrogen-bond acceptors (Lipinski definition) is 2. The molecule has 1 heterocycles. The molecule has 1 fully saturated rings. The third-order valence-corrected chi connectivity index (χ3v) is 4.35. The predicted octanol–water partition coefficient (Wildman–Crippen LogP) is 4.14. The molecule has 2 nitrogen and oxygen atoms in total. The average molecular weight is 245 g/mol. The molecule has 0 bridgehead atoms. The molecule has 0 radical (unpaired) electrons. The van der Waals surface area contributed by atoms with Crippen LogP contribution in [0, 0.1) is 12.8 Å². The second kappa shape index (κ2) is 4.83. The zero-order valence-corrected chi connectivity index (χ0v) is 11.4. The summed E-state index contributed by atoms with van der Waals surface area (Å²) in [7, 11) is 0. The van der Waals surface area contributed by atoms with Crippen molar-refractivity contribution in [2.75, 3.05) is 5.32 Å². The van der Waals surface area contributed by atoms with Crippen molar-refractivity contribution >= 4 is 5.69 Å². The topological polar surface area (TPSA) is 21.3 Å². The van der Waals surface area contributed by atoms with Crippen LogP contribution in [-0.2, 0) is 0 Å². The Balaban J connectivity index is 1.76. The molecule has 0 amide bonds. The first kappa shape index (κ1) is 11.9. The summed E-state index contributed by atoms with van der Waals surface area (Å²) in [6.07, 6.45) is 6.86. The lowest BCUT2D eigenvalue weighted by Gasteiger charge is -2.41. The molecule has 2 aliphatic rings. The zero-order chi connectivity index (χ0) is 12.5. The van der Waals surface area contributed by atoms with E-state index in [1.54, 1.807) is 0 Å². The molecule has 1 N–H and O–H groups in total. The Morgan fingerprint density at radius 3 is 3.06 bits per heavy atom. The molecule has 1 aromatic carbocycles. The SMILES string of the molecule is CCCC1CCC2Oc3ccc(C)cc3NC2C1. The smallest absolute Gasteiger partial charge is 0.142 e. The fraction of sp³-hybridized carbons (Fsp3) is 0.625. The maximum Gasteiger partial charge on any atom is 0.142 e. The second-order valence-corrected chi connectivity index (χ2v) is 5.87. The van der Waals surface area contributed by atoms with Crippen LogP contribution in [0.3, 0.4) is 0 Å². The molecular formula is C16H23NO. The highest BCUT2D eigenvalue weighted by Crippen LogP contribution is 2.39. The third-order valence-electron chi connectivity index (χ3n) is 4.35. The van der Waals surface area contributed by atoms with Gasteiger partial charge in [0.1, 0.15) is 11.9 Å². The van der Waals surface area contributed by atoms with Crippen LogP contribution in [0.2, 0.25) is 0 Å². The van der Waals surface area contributed by atoms with Crippen LogP contribution in [0.1, 0.15) is 44.6 Å². The number of nitrogens with one attached hydrogen (secondary N) is 1. The average Bonchev–Trinajstić information content (AvgIpc) is 2.36. The van der Waals surface area contributed by atoms with Gasteiger partial charge in [-0.15, -0.1) is 0 Å². The van der Waals surface area contributed by atoms with Crippen molar-refractivity contribution in [2.24, 2.45) is 5.92 Å².